The van der Waals surface area contributed by atoms with Crippen LogP contribution in [0.2, 0.25) is 0 Å². The summed E-state index contributed by atoms with van der Waals surface area (Å²) in [6.45, 7) is 4.16. The maximum Gasteiger partial charge on any atom is 0.000434 e. The molecule has 0 bridgehead atoms. The average Bonchev–Trinajstić information content (AvgIpc) is 2.06. The van der Waals surface area contributed by atoms with Crippen molar-refractivity contribution >= 4 is 0 Å². The van der Waals surface area contributed by atoms with Crippen LogP contribution >= 0.6 is 0 Å². The lowest BCUT2D eigenvalue weighted by Gasteiger charge is -2.30. The second kappa shape index (κ2) is 2.84. The van der Waals surface area contributed by atoms with Gasteiger partial charge in [-0.05, 0) is 32.1 Å². The van der Waals surface area contributed by atoms with Gasteiger partial charge in [-0.1, -0.05) is 30.2 Å². The second-order valence-electron chi connectivity index (χ2n) is 3.77. The van der Waals surface area contributed by atoms with Crippen molar-refractivity contribution in [3.05, 3.63) is 23.8 Å². The van der Waals surface area contributed by atoms with E-state index in [4.69, 9.17) is 0 Å². The number of hydrogen-bond acceptors (Lipinski definition) is 0. The first-order valence-electron chi connectivity index (χ1n) is 4.74. The highest BCUT2D eigenvalue weighted by molar-refractivity contribution is 5.25. The highest BCUT2D eigenvalue weighted by Crippen LogP contribution is 2.38. The van der Waals surface area contributed by atoms with Gasteiger partial charge < -0.3 is 0 Å². The third-order valence-electron chi connectivity index (χ3n) is 3.02. The van der Waals surface area contributed by atoms with Gasteiger partial charge in [-0.15, -0.1) is 0 Å². The molecule has 0 N–H and O–H groups in total. The van der Waals surface area contributed by atoms with Crippen LogP contribution in [0.15, 0.2) is 23.8 Å². The van der Waals surface area contributed by atoms with Gasteiger partial charge in [-0.3, -0.25) is 0 Å². The molecule has 1 saturated carbocycles. The van der Waals surface area contributed by atoms with Crippen LogP contribution in [-0.2, 0) is 0 Å². The molecule has 1 atom stereocenters. The Morgan fingerprint density at radius 2 is 2.18 bits per heavy atom. The Labute approximate surface area is 69.0 Å². The van der Waals surface area contributed by atoms with Crippen molar-refractivity contribution in [1.82, 2.24) is 0 Å². The molecule has 2 rings (SSSR count). The fraction of sp³-hybridized carbons (Fsp3) is 0.636. The normalized spacial score (nSPS) is 31.1. The molecule has 2 aliphatic rings. The van der Waals surface area contributed by atoms with Crippen molar-refractivity contribution in [2.24, 2.45) is 5.92 Å². The monoisotopic (exact) mass is 148 g/mol. The van der Waals surface area contributed by atoms with E-state index in [1.807, 2.05) is 0 Å². The Hall–Kier alpha value is -0.520. The first-order valence-corrected chi connectivity index (χ1v) is 4.74. The number of fused-ring (bicyclic) bond motifs is 1. The van der Waals surface area contributed by atoms with E-state index in [1.54, 1.807) is 5.57 Å². The Morgan fingerprint density at radius 3 is 3.00 bits per heavy atom. The summed E-state index contributed by atoms with van der Waals surface area (Å²) in [5.41, 5.74) is 3.20. The summed E-state index contributed by atoms with van der Waals surface area (Å²) in [5.74, 6) is 0.789. The molecule has 1 fully saturated rings. The lowest BCUT2D eigenvalue weighted by Crippen LogP contribution is -2.15. The minimum atomic E-state index is 0.789. The molecule has 11 heavy (non-hydrogen) atoms. The molecule has 1 unspecified atom stereocenters. The van der Waals surface area contributed by atoms with Crippen molar-refractivity contribution in [1.29, 1.82) is 0 Å². The van der Waals surface area contributed by atoms with Gasteiger partial charge in [0.05, 0.1) is 0 Å². The van der Waals surface area contributed by atoms with Gasteiger partial charge in [0, 0.05) is 5.92 Å². The SMILES string of the molecule is C=C1CCC=C2CCCCC12. The summed E-state index contributed by atoms with van der Waals surface area (Å²) >= 11 is 0. The quantitative estimate of drug-likeness (QED) is 0.461. The summed E-state index contributed by atoms with van der Waals surface area (Å²) < 4.78 is 0. The molecule has 0 spiro atoms. The van der Waals surface area contributed by atoms with Crippen molar-refractivity contribution in [3.63, 3.8) is 0 Å². The highest BCUT2D eigenvalue weighted by Gasteiger charge is 2.23. The van der Waals surface area contributed by atoms with Gasteiger partial charge >= 0.3 is 0 Å². The lowest BCUT2D eigenvalue weighted by atomic mass is 9.75. The van der Waals surface area contributed by atoms with Crippen molar-refractivity contribution in [2.45, 2.75) is 38.5 Å². The van der Waals surface area contributed by atoms with Crippen LogP contribution in [0.4, 0.5) is 0 Å². The molecule has 0 aromatic rings. The van der Waals surface area contributed by atoms with E-state index < -0.39 is 0 Å². The topological polar surface area (TPSA) is 0 Å². The summed E-state index contributed by atoms with van der Waals surface area (Å²) in [5, 5.41) is 0. The van der Waals surface area contributed by atoms with E-state index in [0.29, 0.717) is 0 Å². The maximum absolute atomic E-state index is 4.16. The van der Waals surface area contributed by atoms with Gasteiger partial charge in [-0.2, -0.15) is 0 Å². The van der Waals surface area contributed by atoms with Gasteiger partial charge in [0.15, 0.2) is 0 Å². The number of hydrogen-bond donors (Lipinski definition) is 0. The molecule has 0 nitrogen and oxygen atoms in total. The summed E-state index contributed by atoms with van der Waals surface area (Å²) in [6.07, 6.45) is 10.5. The van der Waals surface area contributed by atoms with Crippen molar-refractivity contribution < 1.29 is 0 Å². The molecule has 2 aliphatic carbocycles. The van der Waals surface area contributed by atoms with Crippen LogP contribution in [0.3, 0.4) is 0 Å². The molecule has 0 aliphatic heterocycles. The summed E-state index contributed by atoms with van der Waals surface area (Å²) in [4.78, 5) is 0. The molecular weight excluding hydrogens is 132 g/mol. The molecule has 0 aromatic heterocycles. The van der Waals surface area contributed by atoms with E-state index >= 15 is 0 Å². The zero-order valence-corrected chi connectivity index (χ0v) is 7.10. The molecule has 0 heterocycles. The molecule has 60 valence electrons. The standard InChI is InChI=1S/C11H16/c1-9-5-4-7-10-6-2-3-8-11(9)10/h7,11H,1-6,8H2. The third kappa shape index (κ3) is 1.26. The van der Waals surface area contributed by atoms with Gasteiger partial charge in [0.2, 0.25) is 0 Å². The first kappa shape index (κ1) is 7.15. The van der Waals surface area contributed by atoms with E-state index in [-0.39, 0.29) is 0 Å². The van der Waals surface area contributed by atoms with Crippen LogP contribution in [0.25, 0.3) is 0 Å². The van der Waals surface area contributed by atoms with E-state index in [1.165, 1.54) is 44.1 Å². The smallest absolute Gasteiger partial charge is 0.000434 e. The van der Waals surface area contributed by atoms with E-state index in [0.717, 1.165) is 5.92 Å². The van der Waals surface area contributed by atoms with Gasteiger partial charge in [-0.25, -0.2) is 0 Å². The minimum absolute atomic E-state index is 0.789. The van der Waals surface area contributed by atoms with Crippen LogP contribution in [0, 0.1) is 5.92 Å². The fourth-order valence-electron chi connectivity index (χ4n) is 2.37. The second-order valence-corrected chi connectivity index (χ2v) is 3.77. The molecule has 0 radical (unpaired) electrons. The van der Waals surface area contributed by atoms with E-state index in [9.17, 15) is 0 Å². The van der Waals surface area contributed by atoms with E-state index in [2.05, 4.69) is 12.7 Å². The zero-order valence-electron chi connectivity index (χ0n) is 7.10. The Kier molecular flexibility index (Phi) is 1.85. The maximum atomic E-state index is 4.16. The fourth-order valence-corrected chi connectivity index (χ4v) is 2.37. The van der Waals surface area contributed by atoms with Crippen molar-refractivity contribution in [3.8, 4) is 0 Å². The Bertz CT molecular complexity index is 198. The largest absolute Gasteiger partial charge is 0.0992 e. The zero-order chi connectivity index (χ0) is 7.68. The molecule has 0 amide bonds. The first-order chi connectivity index (χ1) is 5.38. The van der Waals surface area contributed by atoms with Crippen molar-refractivity contribution in [2.75, 3.05) is 0 Å². The number of allylic oxidation sites excluding steroid dienone is 3. The highest BCUT2D eigenvalue weighted by atomic mass is 14.3. The summed E-state index contributed by atoms with van der Waals surface area (Å²) in [7, 11) is 0. The van der Waals surface area contributed by atoms with Gasteiger partial charge in [0.25, 0.3) is 0 Å². The van der Waals surface area contributed by atoms with Crippen LogP contribution < -0.4 is 0 Å². The van der Waals surface area contributed by atoms with Crippen LogP contribution in [0.1, 0.15) is 38.5 Å². The number of rotatable bonds is 0. The Morgan fingerprint density at radius 1 is 1.27 bits per heavy atom. The predicted octanol–water partition coefficient (Wildman–Crippen LogP) is 3.45. The average molecular weight is 148 g/mol. The predicted molar refractivity (Wildman–Crippen MR) is 48.4 cm³/mol. The molecule has 0 heteroatoms. The molecule has 0 saturated heterocycles. The summed E-state index contributed by atoms with van der Waals surface area (Å²) in [6, 6.07) is 0. The molecule has 0 aromatic carbocycles. The minimum Gasteiger partial charge on any atom is -0.0992 e. The lowest BCUT2D eigenvalue weighted by molar-refractivity contribution is 0.477. The van der Waals surface area contributed by atoms with Crippen LogP contribution in [-0.4, -0.2) is 0 Å². The third-order valence-corrected chi connectivity index (χ3v) is 3.02. The Balaban J connectivity index is 2.19. The van der Waals surface area contributed by atoms with Crippen LogP contribution in [0.5, 0.6) is 0 Å². The van der Waals surface area contributed by atoms with Gasteiger partial charge in [0.1, 0.15) is 0 Å². The molecular formula is C11H16.